The summed E-state index contributed by atoms with van der Waals surface area (Å²) >= 11 is 0. The molecule has 1 aliphatic carbocycles. The van der Waals surface area contributed by atoms with E-state index in [1.54, 1.807) is 0 Å². The summed E-state index contributed by atoms with van der Waals surface area (Å²) in [5.41, 5.74) is 0. The molecule has 0 saturated heterocycles. The highest BCUT2D eigenvalue weighted by Crippen LogP contribution is 2.29. The normalized spacial score (nSPS) is 32.6. The van der Waals surface area contributed by atoms with Crippen molar-refractivity contribution in [2.75, 3.05) is 7.11 Å². The maximum absolute atomic E-state index is 10.8. The molecule has 1 amide bonds. The van der Waals surface area contributed by atoms with Crippen molar-refractivity contribution in [2.45, 2.75) is 25.8 Å². The lowest BCUT2D eigenvalue weighted by Crippen LogP contribution is -2.32. The molecule has 0 heterocycles. The molecule has 0 aromatic carbocycles. The zero-order valence-electron chi connectivity index (χ0n) is 7.95. The minimum atomic E-state index is -0.413. The van der Waals surface area contributed by atoms with Crippen LogP contribution in [-0.4, -0.2) is 25.5 Å². The third kappa shape index (κ3) is 2.44. The van der Waals surface area contributed by atoms with E-state index in [9.17, 15) is 9.59 Å². The summed E-state index contributed by atoms with van der Waals surface area (Å²) in [5, 5.41) is 2.70. The van der Waals surface area contributed by atoms with Crippen molar-refractivity contribution in [1.82, 2.24) is 5.32 Å². The van der Waals surface area contributed by atoms with Crippen molar-refractivity contribution in [3.05, 3.63) is 0 Å². The number of rotatable bonds is 2. The van der Waals surface area contributed by atoms with Crippen LogP contribution in [0.1, 0.15) is 19.8 Å². The van der Waals surface area contributed by atoms with Crippen LogP contribution < -0.4 is 5.32 Å². The number of methoxy groups -OCH3 is 1. The lowest BCUT2D eigenvalue weighted by molar-refractivity contribution is -0.111. The molecule has 0 spiro atoms. The van der Waals surface area contributed by atoms with E-state index in [4.69, 9.17) is 0 Å². The van der Waals surface area contributed by atoms with E-state index in [2.05, 4.69) is 10.1 Å². The minimum absolute atomic E-state index is 0.0853. The van der Waals surface area contributed by atoms with Gasteiger partial charge in [-0.15, -0.1) is 0 Å². The molecular formula is C9H15NO3. The van der Waals surface area contributed by atoms with Crippen molar-refractivity contribution in [1.29, 1.82) is 0 Å². The van der Waals surface area contributed by atoms with Crippen LogP contribution in [0, 0.1) is 11.8 Å². The van der Waals surface area contributed by atoms with E-state index in [0.717, 1.165) is 19.1 Å². The van der Waals surface area contributed by atoms with Gasteiger partial charge in [0.15, 0.2) is 0 Å². The van der Waals surface area contributed by atoms with Crippen molar-refractivity contribution in [3.63, 3.8) is 0 Å². The first kappa shape index (κ1) is 10.0. The predicted molar refractivity (Wildman–Crippen MR) is 47.3 cm³/mol. The summed E-state index contributed by atoms with van der Waals surface area (Å²) in [6.07, 6.45) is 2.16. The molecule has 74 valence electrons. The Labute approximate surface area is 77.6 Å². The standard InChI is InChI=1S/C9H15NO3/c1-6-3-8(4-7(6)5-11)10-9(12)13-2/h5-8H,3-4H2,1-2H3,(H,10,12)/t6-,7+,8+/m0/s1. The molecule has 4 heteroatoms. The summed E-state index contributed by atoms with van der Waals surface area (Å²) in [5.74, 6) is 0.446. The minimum Gasteiger partial charge on any atom is -0.453 e. The molecule has 0 radical (unpaired) electrons. The molecule has 3 atom stereocenters. The van der Waals surface area contributed by atoms with Gasteiger partial charge in [-0.1, -0.05) is 6.92 Å². The van der Waals surface area contributed by atoms with Gasteiger partial charge in [-0.25, -0.2) is 4.79 Å². The first-order valence-corrected chi connectivity index (χ1v) is 4.47. The Bertz CT molecular complexity index is 205. The molecule has 0 aromatic rings. The maximum Gasteiger partial charge on any atom is 0.407 e. The average Bonchev–Trinajstić information content (AvgIpc) is 2.46. The highest BCUT2D eigenvalue weighted by molar-refractivity contribution is 5.67. The molecule has 1 aliphatic rings. The van der Waals surface area contributed by atoms with Gasteiger partial charge in [0.1, 0.15) is 6.29 Å². The smallest absolute Gasteiger partial charge is 0.407 e. The van der Waals surface area contributed by atoms with Gasteiger partial charge in [0.25, 0.3) is 0 Å². The Kier molecular flexibility index (Phi) is 3.28. The van der Waals surface area contributed by atoms with E-state index >= 15 is 0 Å². The van der Waals surface area contributed by atoms with Crippen molar-refractivity contribution in [3.8, 4) is 0 Å². The molecule has 1 N–H and O–H groups in total. The molecule has 1 saturated carbocycles. The van der Waals surface area contributed by atoms with E-state index in [0.29, 0.717) is 5.92 Å². The Balaban J connectivity index is 2.39. The summed E-state index contributed by atoms with van der Waals surface area (Å²) in [6, 6.07) is 0.0950. The Morgan fingerprint density at radius 1 is 1.54 bits per heavy atom. The van der Waals surface area contributed by atoms with Crippen LogP contribution in [0.2, 0.25) is 0 Å². The van der Waals surface area contributed by atoms with Gasteiger partial charge in [0, 0.05) is 12.0 Å². The summed E-state index contributed by atoms with van der Waals surface area (Å²) < 4.78 is 4.48. The molecule has 0 aromatic heterocycles. The third-order valence-corrected chi connectivity index (χ3v) is 2.63. The molecule has 0 unspecified atom stereocenters. The zero-order valence-corrected chi connectivity index (χ0v) is 7.95. The van der Waals surface area contributed by atoms with Gasteiger partial charge in [-0.05, 0) is 18.8 Å². The highest BCUT2D eigenvalue weighted by Gasteiger charge is 2.31. The molecule has 4 nitrogen and oxygen atoms in total. The molecule has 13 heavy (non-hydrogen) atoms. The first-order valence-electron chi connectivity index (χ1n) is 4.47. The number of hydrogen-bond acceptors (Lipinski definition) is 3. The Hall–Kier alpha value is -1.06. The van der Waals surface area contributed by atoms with E-state index in [-0.39, 0.29) is 12.0 Å². The number of ether oxygens (including phenoxy) is 1. The van der Waals surface area contributed by atoms with Crippen molar-refractivity contribution in [2.24, 2.45) is 11.8 Å². The lowest BCUT2D eigenvalue weighted by atomic mass is 10.0. The molecule has 1 fully saturated rings. The fraction of sp³-hybridized carbons (Fsp3) is 0.778. The van der Waals surface area contributed by atoms with Crippen LogP contribution >= 0.6 is 0 Å². The quantitative estimate of drug-likeness (QED) is 0.652. The van der Waals surface area contributed by atoms with E-state index < -0.39 is 6.09 Å². The molecule has 0 aliphatic heterocycles. The van der Waals surface area contributed by atoms with Gasteiger partial charge in [0.2, 0.25) is 0 Å². The molecular weight excluding hydrogens is 170 g/mol. The van der Waals surface area contributed by atoms with Crippen LogP contribution in [0.25, 0.3) is 0 Å². The van der Waals surface area contributed by atoms with Crippen LogP contribution in [0.3, 0.4) is 0 Å². The van der Waals surface area contributed by atoms with Crippen LogP contribution in [0.5, 0.6) is 0 Å². The SMILES string of the molecule is COC(=O)N[C@@H]1C[C@H](C)[C@@H](C=O)C1. The third-order valence-electron chi connectivity index (χ3n) is 2.63. The fourth-order valence-corrected chi connectivity index (χ4v) is 1.81. The Morgan fingerprint density at radius 2 is 2.23 bits per heavy atom. The summed E-state index contributed by atoms with van der Waals surface area (Å²) in [6.45, 7) is 2.03. The number of alkyl carbamates (subject to hydrolysis) is 1. The average molecular weight is 185 g/mol. The topological polar surface area (TPSA) is 55.4 Å². The van der Waals surface area contributed by atoms with E-state index in [1.165, 1.54) is 7.11 Å². The van der Waals surface area contributed by atoms with Gasteiger partial charge < -0.3 is 14.8 Å². The van der Waals surface area contributed by atoms with Crippen molar-refractivity contribution < 1.29 is 14.3 Å². The van der Waals surface area contributed by atoms with Crippen LogP contribution in [-0.2, 0) is 9.53 Å². The van der Waals surface area contributed by atoms with Gasteiger partial charge >= 0.3 is 6.09 Å². The zero-order chi connectivity index (χ0) is 9.84. The monoisotopic (exact) mass is 185 g/mol. The fourth-order valence-electron chi connectivity index (χ4n) is 1.81. The second-order valence-electron chi connectivity index (χ2n) is 3.58. The summed E-state index contributed by atoms with van der Waals surface area (Å²) in [7, 11) is 1.34. The number of hydrogen-bond donors (Lipinski definition) is 1. The van der Waals surface area contributed by atoms with Gasteiger partial charge in [-0.2, -0.15) is 0 Å². The number of carbonyl (C=O) groups is 2. The largest absolute Gasteiger partial charge is 0.453 e. The lowest BCUT2D eigenvalue weighted by Gasteiger charge is -2.10. The van der Waals surface area contributed by atoms with Crippen molar-refractivity contribution >= 4 is 12.4 Å². The second kappa shape index (κ2) is 4.25. The molecule has 1 rings (SSSR count). The van der Waals surface area contributed by atoms with E-state index in [1.807, 2.05) is 6.92 Å². The number of nitrogens with one attached hydrogen (secondary N) is 1. The second-order valence-corrected chi connectivity index (χ2v) is 3.58. The maximum atomic E-state index is 10.8. The van der Waals surface area contributed by atoms with Crippen LogP contribution in [0.4, 0.5) is 4.79 Å². The number of carbonyl (C=O) groups excluding carboxylic acids is 2. The van der Waals surface area contributed by atoms with Gasteiger partial charge in [-0.3, -0.25) is 0 Å². The predicted octanol–water partition coefficient (Wildman–Crippen LogP) is 0.956. The number of amides is 1. The number of aldehydes is 1. The summed E-state index contributed by atoms with van der Waals surface area (Å²) in [4.78, 5) is 21.4. The molecule has 0 bridgehead atoms. The first-order chi connectivity index (χ1) is 6.17. The highest BCUT2D eigenvalue weighted by atomic mass is 16.5. The Morgan fingerprint density at radius 3 is 2.69 bits per heavy atom. The van der Waals surface area contributed by atoms with Gasteiger partial charge in [0.05, 0.1) is 7.11 Å². The van der Waals surface area contributed by atoms with Crippen LogP contribution in [0.15, 0.2) is 0 Å².